The van der Waals surface area contributed by atoms with Gasteiger partial charge in [0.1, 0.15) is 5.52 Å². The molecule has 0 bridgehead atoms. The fourth-order valence-corrected chi connectivity index (χ4v) is 2.82. The van der Waals surface area contributed by atoms with E-state index < -0.39 is 0 Å². The Morgan fingerprint density at radius 1 is 1.35 bits per heavy atom. The molecule has 134 valence electrons. The topological polar surface area (TPSA) is 97.0 Å². The number of benzene rings is 2. The van der Waals surface area contributed by atoms with Gasteiger partial charge in [-0.25, -0.2) is 10.4 Å². The summed E-state index contributed by atoms with van der Waals surface area (Å²) in [6.07, 6.45) is 0. The van der Waals surface area contributed by atoms with Crippen LogP contribution in [0.25, 0.3) is 11.1 Å². The van der Waals surface area contributed by atoms with Gasteiger partial charge in [0, 0.05) is 5.56 Å². The Morgan fingerprint density at radius 2 is 2.15 bits per heavy atom. The Hall–Kier alpha value is -3.00. The zero-order valence-corrected chi connectivity index (χ0v) is 15.0. The van der Waals surface area contributed by atoms with E-state index in [0.29, 0.717) is 22.3 Å². The summed E-state index contributed by atoms with van der Waals surface area (Å²) in [6.45, 7) is 1.75. The number of oxazole rings is 1. The second-order valence-electron chi connectivity index (χ2n) is 5.35. The summed E-state index contributed by atoms with van der Waals surface area (Å²) in [5, 5.41) is 14.1. The number of phenolic OH excluding ortho intramolecular Hbond substituents is 1. The lowest BCUT2D eigenvalue weighted by atomic mass is 10.1. The van der Waals surface area contributed by atoms with E-state index in [9.17, 15) is 9.90 Å². The fraction of sp³-hybridized carbons (Fsp3) is 0.167. The minimum Gasteiger partial charge on any atom is -0.504 e. The molecule has 0 fully saturated rings. The fourth-order valence-electron chi connectivity index (χ4n) is 2.19. The zero-order chi connectivity index (χ0) is 18.5. The van der Waals surface area contributed by atoms with Gasteiger partial charge in [0.15, 0.2) is 17.1 Å². The number of para-hydroxylation sites is 2. The second kappa shape index (κ2) is 7.92. The number of rotatable bonds is 6. The molecule has 3 rings (SSSR count). The SMILES string of the molecule is COc1cc(/C(C)=N/NC(=O)CSc2nc3ccccc3o2)ccc1O. The Labute approximate surface area is 154 Å². The van der Waals surface area contributed by atoms with Crippen LogP contribution in [0.5, 0.6) is 11.5 Å². The number of amides is 1. The van der Waals surface area contributed by atoms with Crippen LogP contribution < -0.4 is 10.2 Å². The first kappa shape index (κ1) is 17.8. The highest BCUT2D eigenvalue weighted by atomic mass is 32.2. The van der Waals surface area contributed by atoms with Crippen LogP contribution in [-0.2, 0) is 4.79 Å². The van der Waals surface area contributed by atoms with Crippen molar-refractivity contribution in [2.75, 3.05) is 12.9 Å². The summed E-state index contributed by atoms with van der Waals surface area (Å²) in [4.78, 5) is 16.3. The first-order chi connectivity index (χ1) is 12.6. The van der Waals surface area contributed by atoms with Crippen molar-refractivity contribution in [3.63, 3.8) is 0 Å². The number of phenols is 1. The van der Waals surface area contributed by atoms with E-state index in [4.69, 9.17) is 9.15 Å². The van der Waals surface area contributed by atoms with Crippen molar-refractivity contribution in [2.24, 2.45) is 5.10 Å². The van der Waals surface area contributed by atoms with Crippen LogP contribution in [0.4, 0.5) is 0 Å². The summed E-state index contributed by atoms with van der Waals surface area (Å²) >= 11 is 1.20. The molecular formula is C18H17N3O4S. The maximum atomic E-state index is 12.0. The minimum atomic E-state index is -0.276. The number of carbonyl (C=O) groups excluding carboxylic acids is 1. The molecule has 3 aromatic rings. The van der Waals surface area contributed by atoms with Gasteiger partial charge in [0.2, 0.25) is 0 Å². The lowest BCUT2D eigenvalue weighted by molar-refractivity contribution is -0.118. The molecule has 1 aromatic heterocycles. The van der Waals surface area contributed by atoms with Gasteiger partial charge in [-0.3, -0.25) is 4.79 Å². The standard InChI is InChI=1S/C18H17N3O4S/c1-11(12-7-8-14(22)16(9-12)24-2)20-21-17(23)10-26-18-19-13-5-3-4-6-15(13)25-18/h3-9,22H,10H2,1-2H3,(H,21,23)/b20-11+. The first-order valence-corrected chi connectivity index (χ1v) is 8.74. The lowest BCUT2D eigenvalue weighted by Crippen LogP contribution is -2.21. The van der Waals surface area contributed by atoms with Gasteiger partial charge >= 0.3 is 0 Å². The Bertz CT molecular complexity index is 935. The van der Waals surface area contributed by atoms with Crippen molar-refractivity contribution in [1.82, 2.24) is 10.4 Å². The smallest absolute Gasteiger partial charge is 0.257 e. The van der Waals surface area contributed by atoms with Crippen molar-refractivity contribution in [3.8, 4) is 11.5 Å². The third-order valence-electron chi connectivity index (χ3n) is 3.55. The Kier molecular flexibility index (Phi) is 5.43. The molecule has 7 nitrogen and oxygen atoms in total. The number of nitrogens with zero attached hydrogens (tertiary/aromatic N) is 2. The summed E-state index contributed by atoms with van der Waals surface area (Å²) in [6, 6.07) is 12.3. The molecule has 0 spiro atoms. The van der Waals surface area contributed by atoms with Crippen LogP contribution in [-0.4, -0.2) is 34.6 Å². The molecule has 0 unspecified atom stereocenters. The summed E-state index contributed by atoms with van der Waals surface area (Å²) in [5.41, 5.74) is 5.25. The van der Waals surface area contributed by atoms with Crippen LogP contribution in [0, 0.1) is 0 Å². The molecular weight excluding hydrogens is 354 g/mol. The summed E-state index contributed by atoms with van der Waals surface area (Å²) < 4.78 is 10.6. The average Bonchev–Trinajstić information content (AvgIpc) is 3.07. The van der Waals surface area contributed by atoms with Crippen LogP contribution >= 0.6 is 11.8 Å². The van der Waals surface area contributed by atoms with Gasteiger partial charge in [0.05, 0.1) is 18.6 Å². The Balaban J connectivity index is 1.58. The highest BCUT2D eigenvalue weighted by Gasteiger charge is 2.09. The molecule has 0 radical (unpaired) electrons. The number of hydrogen-bond donors (Lipinski definition) is 2. The molecule has 0 aliphatic rings. The lowest BCUT2D eigenvalue weighted by Gasteiger charge is -2.06. The number of thioether (sulfide) groups is 1. The van der Waals surface area contributed by atoms with E-state index in [1.54, 1.807) is 19.1 Å². The van der Waals surface area contributed by atoms with Crippen molar-refractivity contribution >= 4 is 34.5 Å². The van der Waals surface area contributed by atoms with Gasteiger partial charge in [-0.15, -0.1) is 0 Å². The van der Waals surface area contributed by atoms with Crippen LogP contribution in [0.3, 0.4) is 0 Å². The van der Waals surface area contributed by atoms with Crippen molar-refractivity contribution in [2.45, 2.75) is 12.1 Å². The van der Waals surface area contributed by atoms with Crippen molar-refractivity contribution in [3.05, 3.63) is 48.0 Å². The average molecular weight is 371 g/mol. The van der Waals surface area contributed by atoms with Crippen LogP contribution in [0.1, 0.15) is 12.5 Å². The summed E-state index contributed by atoms with van der Waals surface area (Å²) in [5.74, 6) is 0.239. The van der Waals surface area contributed by atoms with Crippen LogP contribution in [0.15, 0.2) is 57.2 Å². The molecule has 0 atom stereocenters. The predicted octanol–water partition coefficient (Wildman–Crippen LogP) is 3.17. The molecule has 0 aliphatic carbocycles. The van der Waals surface area contributed by atoms with Gasteiger partial charge in [-0.1, -0.05) is 23.9 Å². The van der Waals surface area contributed by atoms with Gasteiger partial charge < -0.3 is 14.3 Å². The molecule has 1 heterocycles. The zero-order valence-electron chi connectivity index (χ0n) is 14.2. The van der Waals surface area contributed by atoms with E-state index in [1.165, 1.54) is 24.9 Å². The second-order valence-corrected chi connectivity index (χ2v) is 6.28. The van der Waals surface area contributed by atoms with E-state index >= 15 is 0 Å². The molecule has 8 heteroatoms. The van der Waals surface area contributed by atoms with E-state index in [2.05, 4.69) is 15.5 Å². The number of nitrogens with one attached hydrogen (secondary N) is 1. The molecule has 0 saturated heterocycles. The largest absolute Gasteiger partial charge is 0.504 e. The summed E-state index contributed by atoms with van der Waals surface area (Å²) in [7, 11) is 1.47. The van der Waals surface area contributed by atoms with Gasteiger partial charge in [-0.05, 0) is 37.3 Å². The monoisotopic (exact) mass is 371 g/mol. The molecule has 1 amide bonds. The third-order valence-corrected chi connectivity index (χ3v) is 4.37. The highest BCUT2D eigenvalue weighted by Crippen LogP contribution is 2.26. The van der Waals surface area contributed by atoms with Crippen molar-refractivity contribution in [1.29, 1.82) is 0 Å². The maximum Gasteiger partial charge on any atom is 0.257 e. The van der Waals surface area contributed by atoms with Crippen LogP contribution in [0.2, 0.25) is 0 Å². The normalized spacial score (nSPS) is 11.5. The third kappa shape index (κ3) is 4.15. The molecule has 2 aromatic carbocycles. The highest BCUT2D eigenvalue weighted by molar-refractivity contribution is 7.99. The number of fused-ring (bicyclic) bond motifs is 1. The Morgan fingerprint density at radius 3 is 2.92 bits per heavy atom. The molecule has 0 aliphatic heterocycles. The molecule has 2 N–H and O–H groups in total. The number of hydrazone groups is 1. The van der Waals surface area contributed by atoms with E-state index in [0.717, 1.165) is 11.1 Å². The predicted molar refractivity (Wildman–Crippen MR) is 99.7 cm³/mol. The minimum absolute atomic E-state index is 0.0443. The number of hydrogen-bond acceptors (Lipinski definition) is 7. The number of aromatic nitrogens is 1. The number of methoxy groups -OCH3 is 1. The molecule has 0 saturated carbocycles. The van der Waals surface area contributed by atoms with E-state index in [1.807, 2.05) is 24.3 Å². The quantitative estimate of drug-likeness (QED) is 0.392. The number of ether oxygens (including phenoxy) is 1. The molecule has 26 heavy (non-hydrogen) atoms. The van der Waals surface area contributed by atoms with Crippen molar-refractivity contribution < 1.29 is 19.1 Å². The van der Waals surface area contributed by atoms with Gasteiger partial charge in [0.25, 0.3) is 11.1 Å². The number of carbonyl (C=O) groups is 1. The van der Waals surface area contributed by atoms with E-state index in [-0.39, 0.29) is 17.4 Å². The number of aromatic hydroxyl groups is 1. The maximum absolute atomic E-state index is 12.0. The first-order valence-electron chi connectivity index (χ1n) is 7.75. The van der Waals surface area contributed by atoms with Gasteiger partial charge in [-0.2, -0.15) is 5.10 Å².